The molecule has 1 aromatic rings. The Kier molecular flexibility index (Phi) is 4.60. The van der Waals surface area contributed by atoms with Crippen LogP contribution >= 0.6 is 12.6 Å². The van der Waals surface area contributed by atoms with Gasteiger partial charge in [0, 0.05) is 5.69 Å². The smallest absolute Gasteiger partial charge is 0.266 e. The van der Waals surface area contributed by atoms with E-state index in [1.807, 2.05) is 31.2 Å². The molecule has 0 saturated heterocycles. The van der Waals surface area contributed by atoms with Crippen molar-refractivity contribution in [2.75, 3.05) is 4.90 Å². The van der Waals surface area contributed by atoms with Gasteiger partial charge in [0.25, 0.3) is 5.91 Å². The number of thiol groups is 1. The molecule has 1 N–H and O–H groups in total. The highest BCUT2D eigenvalue weighted by Crippen LogP contribution is 2.43. The average molecular weight is 341 g/mol. The van der Waals surface area contributed by atoms with E-state index in [9.17, 15) is 10.1 Å². The Morgan fingerprint density at radius 2 is 2.12 bits per heavy atom. The fourth-order valence-electron chi connectivity index (χ4n) is 3.90. The molecule has 1 aliphatic carbocycles. The molecule has 1 saturated carbocycles. The van der Waals surface area contributed by atoms with Crippen LogP contribution in [0.25, 0.3) is 0 Å². The Labute approximate surface area is 148 Å². The first-order chi connectivity index (χ1) is 11.5. The van der Waals surface area contributed by atoms with Gasteiger partial charge in [0.05, 0.1) is 5.03 Å². The molecule has 0 atom stereocenters. The molecule has 0 bridgehead atoms. The average Bonchev–Trinajstić information content (AvgIpc) is 2.56. The SMILES string of the molecule is CCC1CCC2(CC1)NC(=O)C(C#N)=C(S)N2c1cccc(C)c1. The van der Waals surface area contributed by atoms with E-state index in [0.29, 0.717) is 10.9 Å². The van der Waals surface area contributed by atoms with Crippen LogP contribution in [0, 0.1) is 24.2 Å². The van der Waals surface area contributed by atoms with E-state index in [-0.39, 0.29) is 11.5 Å². The van der Waals surface area contributed by atoms with Crippen molar-refractivity contribution in [1.82, 2.24) is 5.32 Å². The first kappa shape index (κ1) is 16.9. The van der Waals surface area contributed by atoms with Crippen LogP contribution in [-0.2, 0) is 4.79 Å². The number of aryl methyl sites for hydroxylation is 1. The lowest BCUT2D eigenvalue weighted by Crippen LogP contribution is -2.64. The van der Waals surface area contributed by atoms with Crippen molar-refractivity contribution >= 4 is 24.2 Å². The molecule has 1 heterocycles. The molecule has 1 aromatic carbocycles. The van der Waals surface area contributed by atoms with Crippen LogP contribution in [0.15, 0.2) is 34.9 Å². The number of nitriles is 1. The fraction of sp³-hybridized carbons (Fsp3) is 0.474. The summed E-state index contributed by atoms with van der Waals surface area (Å²) in [6.07, 6.45) is 5.05. The van der Waals surface area contributed by atoms with Crippen molar-refractivity contribution in [1.29, 1.82) is 5.26 Å². The molecular weight excluding hydrogens is 318 g/mol. The fourth-order valence-corrected chi connectivity index (χ4v) is 4.35. The van der Waals surface area contributed by atoms with E-state index >= 15 is 0 Å². The predicted molar refractivity (Wildman–Crippen MR) is 98.4 cm³/mol. The van der Waals surface area contributed by atoms with Gasteiger partial charge in [-0.05, 0) is 56.2 Å². The van der Waals surface area contributed by atoms with Crippen molar-refractivity contribution in [3.05, 3.63) is 40.4 Å². The van der Waals surface area contributed by atoms with Crippen LogP contribution in [0.1, 0.15) is 44.6 Å². The molecule has 1 fully saturated rings. The van der Waals surface area contributed by atoms with Crippen LogP contribution in [0.4, 0.5) is 5.69 Å². The van der Waals surface area contributed by atoms with Crippen molar-refractivity contribution in [2.45, 2.75) is 51.6 Å². The van der Waals surface area contributed by atoms with Crippen molar-refractivity contribution < 1.29 is 4.79 Å². The van der Waals surface area contributed by atoms with E-state index in [4.69, 9.17) is 0 Å². The van der Waals surface area contributed by atoms with Crippen molar-refractivity contribution in [3.63, 3.8) is 0 Å². The third-order valence-electron chi connectivity index (χ3n) is 5.32. The number of amides is 1. The van der Waals surface area contributed by atoms with E-state index < -0.39 is 5.66 Å². The number of anilines is 1. The highest BCUT2D eigenvalue weighted by atomic mass is 32.1. The summed E-state index contributed by atoms with van der Waals surface area (Å²) in [4.78, 5) is 14.5. The zero-order chi connectivity index (χ0) is 17.3. The Morgan fingerprint density at radius 1 is 1.42 bits per heavy atom. The van der Waals surface area contributed by atoms with Gasteiger partial charge in [-0.25, -0.2) is 0 Å². The van der Waals surface area contributed by atoms with Crippen LogP contribution in [0.2, 0.25) is 0 Å². The molecular formula is C19H23N3OS. The lowest BCUT2D eigenvalue weighted by molar-refractivity contribution is -0.120. The molecule has 5 heteroatoms. The highest BCUT2D eigenvalue weighted by molar-refractivity contribution is 7.84. The van der Waals surface area contributed by atoms with Crippen molar-refractivity contribution in [3.8, 4) is 6.07 Å². The maximum absolute atomic E-state index is 12.4. The first-order valence-electron chi connectivity index (χ1n) is 8.53. The zero-order valence-corrected chi connectivity index (χ0v) is 15.1. The Balaban J connectivity index is 2.09. The predicted octanol–water partition coefficient (Wildman–Crippen LogP) is 3.89. The van der Waals surface area contributed by atoms with Gasteiger partial charge in [-0.2, -0.15) is 5.26 Å². The second-order valence-electron chi connectivity index (χ2n) is 6.82. The van der Waals surface area contributed by atoms with E-state index in [0.717, 1.165) is 36.9 Å². The Morgan fingerprint density at radius 3 is 2.71 bits per heavy atom. The minimum Gasteiger partial charge on any atom is -0.328 e. The van der Waals surface area contributed by atoms with Crippen molar-refractivity contribution in [2.24, 2.45) is 5.92 Å². The number of hydrogen-bond acceptors (Lipinski definition) is 4. The monoisotopic (exact) mass is 341 g/mol. The maximum atomic E-state index is 12.4. The number of nitrogens with zero attached hydrogens (tertiary/aromatic N) is 2. The quantitative estimate of drug-likeness (QED) is 0.802. The molecule has 4 nitrogen and oxygen atoms in total. The van der Waals surface area contributed by atoms with Gasteiger partial charge in [0.1, 0.15) is 17.3 Å². The summed E-state index contributed by atoms with van der Waals surface area (Å²) >= 11 is 4.59. The van der Waals surface area contributed by atoms with Gasteiger partial charge in [0.2, 0.25) is 0 Å². The molecule has 0 radical (unpaired) electrons. The Bertz CT molecular complexity index is 726. The van der Waals surface area contributed by atoms with Crippen LogP contribution in [0.5, 0.6) is 0 Å². The highest BCUT2D eigenvalue weighted by Gasteiger charge is 2.47. The molecule has 126 valence electrons. The molecule has 1 amide bonds. The third kappa shape index (κ3) is 2.80. The molecule has 0 unspecified atom stereocenters. The third-order valence-corrected chi connectivity index (χ3v) is 5.74. The molecule has 1 aliphatic heterocycles. The molecule has 2 aliphatic rings. The summed E-state index contributed by atoms with van der Waals surface area (Å²) < 4.78 is 0. The van der Waals surface area contributed by atoms with Crippen LogP contribution < -0.4 is 10.2 Å². The van der Waals surface area contributed by atoms with Gasteiger partial charge in [-0.3, -0.25) is 4.79 Å². The van der Waals surface area contributed by atoms with Crippen LogP contribution in [-0.4, -0.2) is 11.6 Å². The molecule has 0 aromatic heterocycles. The number of benzene rings is 1. The van der Waals surface area contributed by atoms with E-state index in [1.54, 1.807) is 0 Å². The minimum atomic E-state index is -0.478. The van der Waals surface area contributed by atoms with Gasteiger partial charge in [-0.15, -0.1) is 12.6 Å². The lowest BCUT2D eigenvalue weighted by atomic mass is 9.78. The summed E-state index contributed by atoms with van der Waals surface area (Å²) in [6, 6.07) is 10.1. The zero-order valence-electron chi connectivity index (χ0n) is 14.2. The molecule has 1 spiro atoms. The van der Waals surface area contributed by atoms with Gasteiger partial charge in [-0.1, -0.05) is 25.5 Å². The van der Waals surface area contributed by atoms with Gasteiger partial charge < -0.3 is 10.2 Å². The number of rotatable bonds is 2. The summed E-state index contributed by atoms with van der Waals surface area (Å²) in [5, 5.41) is 13.0. The minimum absolute atomic E-state index is 0.0862. The van der Waals surface area contributed by atoms with Crippen LogP contribution in [0.3, 0.4) is 0 Å². The number of carbonyl (C=O) groups is 1. The maximum Gasteiger partial charge on any atom is 0.266 e. The molecule has 24 heavy (non-hydrogen) atoms. The largest absolute Gasteiger partial charge is 0.328 e. The second kappa shape index (κ2) is 6.52. The summed E-state index contributed by atoms with van der Waals surface area (Å²) in [6.45, 7) is 4.26. The number of nitrogens with one attached hydrogen (secondary N) is 1. The van der Waals surface area contributed by atoms with E-state index in [2.05, 4.69) is 35.8 Å². The number of carbonyl (C=O) groups excluding carboxylic acids is 1. The molecule has 3 rings (SSSR count). The normalized spacial score (nSPS) is 27.2. The Hall–Kier alpha value is -1.93. The van der Waals surface area contributed by atoms with Gasteiger partial charge >= 0.3 is 0 Å². The number of hydrogen-bond donors (Lipinski definition) is 2. The summed E-state index contributed by atoms with van der Waals surface area (Å²) in [5.41, 5.74) is 1.72. The second-order valence-corrected chi connectivity index (χ2v) is 7.25. The topological polar surface area (TPSA) is 56.1 Å². The lowest BCUT2D eigenvalue weighted by Gasteiger charge is -2.51. The summed E-state index contributed by atoms with van der Waals surface area (Å²) in [7, 11) is 0. The van der Waals surface area contributed by atoms with E-state index in [1.165, 1.54) is 6.42 Å². The van der Waals surface area contributed by atoms with Gasteiger partial charge in [0.15, 0.2) is 0 Å². The first-order valence-corrected chi connectivity index (χ1v) is 8.98. The standard InChI is InChI=1S/C19H23N3OS/c1-3-14-7-9-19(10-8-14)21-17(23)16(12-20)18(24)22(19)15-6-4-5-13(2)11-15/h4-6,11,14,24H,3,7-10H2,1-2H3,(H,21,23). The summed E-state index contributed by atoms with van der Waals surface area (Å²) in [5.74, 6) is 0.401.